The minimum absolute atomic E-state index is 0.182. The van der Waals surface area contributed by atoms with Crippen LogP contribution in [0.15, 0.2) is 0 Å². The Morgan fingerprint density at radius 2 is 1.60 bits per heavy atom. The van der Waals surface area contributed by atoms with Gasteiger partial charge in [-0.2, -0.15) is 0 Å². The summed E-state index contributed by atoms with van der Waals surface area (Å²) < 4.78 is 11.1. The van der Waals surface area contributed by atoms with Crippen molar-refractivity contribution in [2.24, 2.45) is 17.3 Å². The summed E-state index contributed by atoms with van der Waals surface area (Å²) >= 11 is 0. The van der Waals surface area contributed by atoms with E-state index in [9.17, 15) is 5.11 Å². The van der Waals surface area contributed by atoms with E-state index in [1.165, 1.54) is 0 Å². The first-order valence-electron chi connectivity index (χ1n) is 5.70. The molecule has 0 aliphatic carbocycles. The smallest absolute Gasteiger partial charge is 0.165 e. The maximum atomic E-state index is 9.97. The van der Waals surface area contributed by atoms with Crippen LogP contribution in [0.4, 0.5) is 0 Å². The fourth-order valence-corrected chi connectivity index (χ4v) is 3.27. The van der Waals surface area contributed by atoms with E-state index in [0.717, 1.165) is 0 Å². The van der Waals surface area contributed by atoms with Crippen LogP contribution in [0.5, 0.6) is 0 Å². The minimum atomic E-state index is -0.754. The van der Waals surface area contributed by atoms with Gasteiger partial charge in [0.15, 0.2) is 13.1 Å². The van der Waals surface area contributed by atoms with E-state index in [4.69, 9.17) is 9.47 Å². The SMILES string of the molecule is CC(C)C1(C(C)C)OCOC(O)C1(C)C. The first-order valence-corrected chi connectivity index (χ1v) is 5.70. The second kappa shape index (κ2) is 4.04. The zero-order chi connectivity index (χ0) is 11.9. The van der Waals surface area contributed by atoms with Crippen LogP contribution in [0.1, 0.15) is 41.5 Å². The number of ether oxygens (including phenoxy) is 2. The highest BCUT2D eigenvalue weighted by atomic mass is 16.7. The molecule has 90 valence electrons. The zero-order valence-corrected chi connectivity index (χ0v) is 10.7. The van der Waals surface area contributed by atoms with Crippen LogP contribution < -0.4 is 0 Å². The maximum Gasteiger partial charge on any atom is 0.165 e. The molecule has 1 N–H and O–H groups in total. The second-order valence-electron chi connectivity index (χ2n) is 5.61. The molecule has 0 spiro atoms. The van der Waals surface area contributed by atoms with E-state index in [0.29, 0.717) is 11.8 Å². The summed E-state index contributed by atoms with van der Waals surface area (Å²) in [6.45, 7) is 12.8. The van der Waals surface area contributed by atoms with Crippen LogP contribution >= 0.6 is 0 Å². The summed E-state index contributed by atoms with van der Waals surface area (Å²) in [7, 11) is 0. The van der Waals surface area contributed by atoms with Gasteiger partial charge in [-0.1, -0.05) is 41.5 Å². The van der Waals surface area contributed by atoms with Gasteiger partial charge in [0.25, 0.3) is 0 Å². The predicted octanol–water partition coefficient (Wildman–Crippen LogP) is 2.39. The summed E-state index contributed by atoms with van der Waals surface area (Å²) in [6.07, 6.45) is -0.754. The van der Waals surface area contributed by atoms with Crippen LogP contribution in [-0.4, -0.2) is 23.8 Å². The minimum Gasteiger partial charge on any atom is -0.367 e. The molecule has 0 saturated carbocycles. The molecule has 3 nitrogen and oxygen atoms in total. The van der Waals surface area contributed by atoms with Gasteiger partial charge in [-0.25, -0.2) is 0 Å². The monoisotopic (exact) mass is 216 g/mol. The summed E-state index contributed by atoms with van der Waals surface area (Å²) in [5, 5.41) is 9.97. The highest BCUT2D eigenvalue weighted by molar-refractivity contribution is 5.02. The van der Waals surface area contributed by atoms with Crippen molar-refractivity contribution in [3.05, 3.63) is 0 Å². The van der Waals surface area contributed by atoms with E-state index in [1.54, 1.807) is 0 Å². The lowest BCUT2D eigenvalue weighted by atomic mass is 9.62. The lowest BCUT2D eigenvalue weighted by Crippen LogP contribution is -2.63. The Morgan fingerprint density at radius 3 is 1.93 bits per heavy atom. The molecule has 1 saturated heterocycles. The van der Waals surface area contributed by atoms with Crippen molar-refractivity contribution in [3.8, 4) is 0 Å². The summed E-state index contributed by atoms with van der Waals surface area (Å²) in [4.78, 5) is 0. The Labute approximate surface area is 92.8 Å². The molecule has 1 aliphatic heterocycles. The first kappa shape index (κ1) is 12.9. The van der Waals surface area contributed by atoms with E-state index >= 15 is 0 Å². The van der Waals surface area contributed by atoms with E-state index < -0.39 is 11.7 Å². The fraction of sp³-hybridized carbons (Fsp3) is 1.00. The van der Waals surface area contributed by atoms with Crippen LogP contribution in [0, 0.1) is 17.3 Å². The standard InChI is InChI=1S/C12H24O3/c1-8(2)12(9(3)4)11(5,6)10(13)14-7-15-12/h8-10,13H,7H2,1-6H3. The predicted molar refractivity (Wildman–Crippen MR) is 59.2 cm³/mol. The highest BCUT2D eigenvalue weighted by Crippen LogP contribution is 2.50. The Bertz CT molecular complexity index is 213. The average molecular weight is 216 g/mol. The van der Waals surface area contributed by atoms with Crippen LogP contribution in [0.2, 0.25) is 0 Å². The number of aliphatic hydroxyl groups excluding tert-OH is 1. The molecule has 0 aromatic heterocycles. The van der Waals surface area contributed by atoms with Gasteiger partial charge in [-0.3, -0.25) is 0 Å². The molecule has 1 heterocycles. The molecule has 1 rings (SSSR count). The molecular weight excluding hydrogens is 192 g/mol. The molecule has 0 aromatic rings. The number of hydrogen-bond acceptors (Lipinski definition) is 3. The van der Waals surface area contributed by atoms with Crippen molar-refractivity contribution in [1.29, 1.82) is 0 Å². The molecule has 1 fully saturated rings. The Hall–Kier alpha value is -0.120. The molecule has 1 aliphatic rings. The molecule has 15 heavy (non-hydrogen) atoms. The third-order valence-electron chi connectivity index (χ3n) is 3.86. The molecule has 0 amide bonds. The van der Waals surface area contributed by atoms with Crippen LogP contribution in [-0.2, 0) is 9.47 Å². The topological polar surface area (TPSA) is 38.7 Å². The van der Waals surface area contributed by atoms with Gasteiger partial charge in [0.05, 0.1) is 5.60 Å². The van der Waals surface area contributed by atoms with Gasteiger partial charge in [0.1, 0.15) is 0 Å². The van der Waals surface area contributed by atoms with Gasteiger partial charge in [-0.05, 0) is 11.8 Å². The van der Waals surface area contributed by atoms with E-state index in [2.05, 4.69) is 27.7 Å². The van der Waals surface area contributed by atoms with E-state index in [-0.39, 0.29) is 12.4 Å². The van der Waals surface area contributed by atoms with Crippen LogP contribution in [0.25, 0.3) is 0 Å². The van der Waals surface area contributed by atoms with Crippen molar-refractivity contribution >= 4 is 0 Å². The Kier molecular flexibility index (Phi) is 3.49. The van der Waals surface area contributed by atoms with Gasteiger partial charge in [-0.15, -0.1) is 0 Å². The lowest BCUT2D eigenvalue weighted by molar-refractivity contribution is -0.362. The van der Waals surface area contributed by atoms with Gasteiger partial charge < -0.3 is 14.6 Å². The van der Waals surface area contributed by atoms with Crippen molar-refractivity contribution in [2.75, 3.05) is 6.79 Å². The van der Waals surface area contributed by atoms with Crippen molar-refractivity contribution in [3.63, 3.8) is 0 Å². The third kappa shape index (κ3) is 1.71. The van der Waals surface area contributed by atoms with Gasteiger partial charge >= 0.3 is 0 Å². The third-order valence-corrected chi connectivity index (χ3v) is 3.86. The van der Waals surface area contributed by atoms with Crippen molar-refractivity contribution in [2.45, 2.75) is 53.4 Å². The molecule has 0 radical (unpaired) electrons. The second-order valence-corrected chi connectivity index (χ2v) is 5.61. The summed E-state index contributed by atoms with van der Waals surface area (Å²) in [5.74, 6) is 0.678. The first-order chi connectivity index (χ1) is 6.76. The zero-order valence-electron chi connectivity index (χ0n) is 10.7. The number of rotatable bonds is 2. The molecule has 1 atom stereocenters. The van der Waals surface area contributed by atoms with Gasteiger partial charge in [0.2, 0.25) is 0 Å². The lowest BCUT2D eigenvalue weighted by Gasteiger charge is -2.56. The quantitative estimate of drug-likeness (QED) is 0.770. The fourth-order valence-electron chi connectivity index (χ4n) is 3.27. The Morgan fingerprint density at radius 1 is 1.13 bits per heavy atom. The average Bonchev–Trinajstić information content (AvgIpc) is 2.08. The highest BCUT2D eigenvalue weighted by Gasteiger charge is 2.57. The number of hydrogen-bond donors (Lipinski definition) is 1. The largest absolute Gasteiger partial charge is 0.367 e. The maximum absolute atomic E-state index is 9.97. The molecule has 0 aromatic carbocycles. The molecule has 3 heteroatoms. The summed E-state index contributed by atoms with van der Waals surface area (Å²) in [5.41, 5.74) is -0.724. The number of aliphatic hydroxyl groups is 1. The Balaban J connectivity index is 3.15. The summed E-state index contributed by atoms with van der Waals surface area (Å²) in [6, 6.07) is 0. The van der Waals surface area contributed by atoms with Gasteiger partial charge in [0, 0.05) is 5.41 Å². The van der Waals surface area contributed by atoms with Crippen molar-refractivity contribution < 1.29 is 14.6 Å². The normalized spacial score (nSPS) is 29.8. The molecule has 1 unspecified atom stereocenters. The molecular formula is C12H24O3. The van der Waals surface area contributed by atoms with E-state index in [1.807, 2.05) is 13.8 Å². The molecule has 0 bridgehead atoms. The van der Waals surface area contributed by atoms with Crippen LogP contribution in [0.3, 0.4) is 0 Å². The van der Waals surface area contributed by atoms with Crippen molar-refractivity contribution in [1.82, 2.24) is 0 Å².